The number of carbonyl (C=O) groups is 1. The van der Waals surface area contributed by atoms with E-state index in [1.165, 1.54) is 12.1 Å². The first-order chi connectivity index (χ1) is 10.8. The summed E-state index contributed by atoms with van der Waals surface area (Å²) in [4.78, 5) is 11.9. The first-order valence-corrected chi connectivity index (χ1v) is 7.89. The number of aliphatic hydroxyl groups excluding tert-OH is 1. The van der Waals surface area contributed by atoms with Gasteiger partial charge in [-0.15, -0.1) is 13.2 Å². The largest absolute Gasteiger partial charge is 0.573 e. The number of hydrogen-bond acceptors (Lipinski definition) is 3. The fraction of sp³-hybridized carbons (Fsp3) is 0.588. The van der Waals surface area contributed by atoms with Crippen LogP contribution in [0.5, 0.6) is 5.75 Å². The van der Waals surface area contributed by atoms with Crippen LogP contribution in [-0.2, 0) is 10.2 Å². The number of ether oxygens (including phenoxy) is 1. The number of aliphatic hydroxyl groups is 1. The van der Waals surface area contributed by atoms with Crippen molar-refractivity contribution in [1.82, 2.24) is 0 Å². The molecule has 0 amide bonds. The molecule has 2 aliphatic carbocycles. The molecule has 23 heavy (non-hydrogen) atoms. The molecule has 126 valence electrons. The van der Waals surface area contributed by atoms with Crippen LogP contribution in [0.25, 0.3) is 0 Å². The van der Waals surface area contributed by atoms with Crippen molar-refractivity contribution in [1.29, 1.82) is 0 Å². The summed E-state index contributed by atoms with van der Waals surface area (Å²) in [5.74, 6) is -0.524. The van der Waals surface area contributed by atoms with Crippen molar-refractivity contribution in [2.45, 2.75) is 56.4 Å². The van der Waals surface area contributed by atoms with Crippen LogP contribution in [0.1, 0.15) is 44.1 Å². The highest BCUT2D eigenvalue weighted by Gasteiger charge is 2.50. The zero-order chi connectivity index (χ0) is 16.7. The van der Waals surface area contributed by atoms with Crippen molar-refractivity contribution >= 4 is 5.78 Å². The van der Waals surface area contributed by atoms with E-state index in [1.807, 2.05) is 0 Å². The lowest BCUT2D eigenvalue weighted by Crippen LogP contribution is -2.50. The summed E-state index contributed by atoms with van der Waals surface area (Å²) in [6.45, 7) is 0. The lowest BCUT2D eigenvalue weighted by atomic mass is 9.58. The molecule has 0 unspecified atom stereocenters. The van der Waals surface area contributed by atoms with E-state index in [9.17, 15) is 23.1 Å². The van der Waals surface area contributed by atoms with Gasteiger partial charge < -0.3 is 9.84 Å². The lowest BCUT2D eigenvalue weighted by molar-refractivity contribution is -0.274. The minimum atomic E-state index is -4.72. The van der Waals surface area contributed by atoms with Crippen molar-refractivity contribution in [3.05, 3.63) is 29.8 Å². The minimum absolute atomic E-state index is 0.0980. The quantitative estimate of drug-likeness (QED) is 0.916. The number of hydrogen-bond donors (Lipinski definition) is 1. The Hall–Kier alpha value is -1.56. The van der Waals surface area contributed by atoms with Crippen LogP contribution < -0.4 is 4.74 Å². The van der Waals surface area contributed by atoms with Crippen LogP contribution in [-0.4, -0.2) is 23.4 Å². The summed E-state index contributed by atoms with van der Waals surface area (Å²) >= 11 is 0. The Morgan fingerprint density at radius 3 is 2.26 bits per heavy atom. The second kappa shape index (κ2) is 5.82. The van der Waals surface area contributed by atoms with Gasteiger partial charge in [-0.3, -0.25) is 4.79 Å². The number of ketones is 1. The van der Waals surface area contributed by atoms with Crippen molar-refractivity contribution in [3.8, 4) is 5.75 Å². The maximum Gasteiger partial charge on any atom is 0.573 e. The van der Waals surface area contributed by atoms with E-state index in [-0.39, 0.29) is 17.5 Å². The summed E-state index contributed by atoms with van der Waals surface area (Å²) < 4.78 is 40.6. The van der Waals surface area contributed by atoms with Crippen LogP contribution in [0.15, 0.2) is 24.3 Å². The highest BCUT2D eigenvalue weighted by molar-refractivity contribution is 5.83. The summed E-state index contributed by atoms with van der Waals surface area (Å²) in [5.41, 5.74) is 0.270. The van der Waals surface area contributed by atoms with Gasteiger partial charge in [-0.05, 0) is 43.4 Å². The smallest absolute Gasteiger partial charge is 0.406 e. The van der Waals surface area contributed by atoms with Crippen molar-refractivity contribution in [2.24, 2.45) is 5.92 Å². The van der Waals surface area contributed by atoms with Gasteiger partial charge in [0.05, 0.1) is 6.10 Å². The molecule has 1 aromatic carbocycles. The Morgan fingerprint density at radius 2 is 1.83 bits per heavy atom. The first kappa shape index (κ1) is 16.3. The fourth-order valence-corrected chi connectivity index (χ4v) is 3.86. The molecule has 2 saturated carbocycles. The molecular weight excluding hydrogens is 309 g/mol. The Labute approximate surface area is 132 Å². The minimum Gasteiger partial charge on any atom is -0.406 e. The molecule has 2 atom stereocenters. The Kier molecular flexibility index (Phi) is 4.12. The number of halogens is 3. The Morgan fingerprint density at radius 1 is 1.17 bits per heavy atom. The van der Waals surface area contributed by atoms with Crippen molar-refractivity contribution in [3.63, 3.8) is 0 Å². The van der Waals surface area contributed by atoms with E-state index in [2.05, 4.69) is 4.74 Å². The van der Waals surface area contributed by atoms with Crippen LogP contribution in [0.4, 0.5) is 13.2 Å². The van der Waals surface area contributed by atoms with Gasteiger partial charge in [-0.2, -0.15) is 0 Å². The van der Waals surface area contributed by atoms with Crippen molar-refractivity contribution < 1.29 is 27.8 Å². The number of Topliss-reactive ketones (excluding diaryl/α,β-unsaturated/α-hetero) is 1. The fourth-order valence-electron chi connectivity index (χ4n) is 3.86. The molecule has 0 aliphatic heterocycles. The number of benzene rings is 1. The first-order valence-electron chi connectivity index (χ1n) is 7.89. The molecule has 0 heterocycles. The zero-order valence-corrected chi connectivity index (χ0v) is 12.6. The Bertz CT molecular complexity index is 576. The third-order valence-electron chi connectivity index (χ3n) is 5.21. The van der Waals surface area contributed by atoms with Crippen LogP contribution in [0, 0.1) is 5.92 Å². The molecule has 1 aromatic rings. The molecule has 2 fully saturated rings. The van der Waals surface area contributed by atoms with E-state index in [1.54, 1.807) is 12.1 Å². The SMILES string of the molecule is O=C1CCC[C@@H]1[C@@H](O)C1(c2ccc(OC(F)(F)F)cc2)CCC1. The number of alkyl halides is 3. The summed E-state index contributed by atoms with van der Waals surface area (Å²) in [5, 5.41) is 10.8. The van der Waals surface area contributed by atoms with Gasteiger partial charge in [-0.1, -0.05) is 18.6 Å². The zero-order valence-electron chi connectivity index (χ0n) is 12.6. The molecule has 0 bridgehead atoms. The highest BCUT2D eigenvalue weighted by Crippen LogP contribution is 2.50. The monoisotopic (exact) mass is 328 g/mol. The molecule has 0 radical (unpaired) electrons. The van der Waals surface area contributed by atoms with Gasteiger partial charge in [0.2, 0.25) is 0 Å². The Balaban J connectivity index is 1.81. The van der Waals surface area contributed by atoms with Gasteiger partial charge in [0.1, 0.15) is 11.5 Å². The van der Waals surface area contributed by atoms with Crippen molar-refractivity contribution in [2.75, 3.05) is 0 Å². The molecule has 3 rings (SSSR count). The second-order valence-electron chi connectivity index (χ2n) is 6.49. The van der Waals surface area contributed by atoms with Crippen LogP contribution in [0.2, 0.25) is 0 Å². The van der Waals surface area contributed by atoms with E-state index in [0.717, 1.165) is 31.2 Å². The average molecular weight is 328 g/mol. The molecule has 6 heteroatoms. The molecular formula is C17H19F3O3. The molecule has 0 spiro atoms. The number of rotatable bonds is 4. The predicted molar refractivity (Wildman–Crippen MR) is 77.0 cm³/mol. The summed E-state index contributed by atoms with van der Waals surface area (Å²) in [6, 6.07) is 5.68. The average Bonchev–Trinajstić information content (AvgIpc) is 2.84. The van der Waals surface area contributed by atoms with E-state index >= 15 is 0 Å². The lowest BCUT2D eigenvalue weighted by Gasteiger charge is -2.47. The van der Waals surface area contributed by atoms with Gasteiger partial charge in [-0.25, -0.2) is 0 Å². The third-order valence-corrected chi connectivity index (χ3v) is 5.21. The third kappa shape index (κ3) is 3.09. The van der Waals surface area contributed by atoms with Crippen LogP contribution >= 0.6 is 0 Å². The van der Waals surface area contributed by atoms with Gasteiger partial charge >= 0.3 is 6.36 Å². The van der Waals surface area contributed by atoms with Gasteiger partial charge in [0.15, 0.2) is 0 Å². The topological polar surface area (TPSA) is 46.5 Å². The maximum absolute atomic E-state index is 12.2. The second-order valence-corrected chi connectivity index (χ2v) is 6.49. The van der Waals surface area contributed by atoms with E-state index < -0.39 is 17.9 Å². The van der Waals surface area contributed by atoms with E-state index in [0.29, 0.717) is 12.8 Å². The summed E-state index contributed by atoms with van der Waals surface area (Å²) in [6.07, 6.45) is -1.04. The van der Waals surface area contributed by atoms with Crippen LogP contribution in [0.3, 0.4) is 0 Å². The molecule has 0 saturated heterocycles. The molecule has 1 N–H and O–H groups in total. The van der Waals surface area contributed by atoms with Gasteiger partial charge in [0, 0.05) is 17.8 Å². The molecule has 0 aromatic heterocycles. The standard InChI is InChI=1S/C17H19F3O3/c18-17(19,20)23-12-7-5-11(6-8-12)16(9-2-10-16)15(22)13-3-1-4-14(13)21/h5-8,13,15,22H,1-4,9-10H2/t13-,15+/m0/s1. The predicted octanol–water partition coefficient (Wildman–Crippen LogP) is 3.74. The highest BCUT2D eigenvalue weighted by atomic mass is 19.4. The number of carbonyl (C=O) groups excluding carboxylic acids is 1. The normalized spacial score (nSPS) is 25.0. The van der Waals surface area contributed by atoms with Gasteiger partial charge in [0.25, 0.3) is 0 Å². The molecule has 3 nitrogen and oxygen atoms in total. The molecule has 2 aliphatic rings. The van der Waals surface area contributed by atoms with E-state index in [4.69, 9.17) is 0 Å². The maximum atomic E-state index is 12.2. The summed E-state index contributed by atoms with van der Waals surface area (Å²) in [7, 11) is 0.